The van der Waals surface area contributed by atoms with Crippen molar-refractivity contribution in [3.8, 4) is 0 Å². The third-order valence-corrected chi connectivity index (χ3v) is 5.28. The summed E-state index contributed by atoms with van der Waals surface area (Å²) in [5.41, 5.74) is -0.162. The highest BCUT2D eigenvalue weighted by atomic mass is 35.5. The number of halogens is 1. The van der Waals surface area contributed by atoms with Crippen molar-refractivity contribution >= 4 is 22.9 Å². The molecule has 0 aromatic carbocycles. The number of hydrogen-bond acceptors (Lipinski definition) is 3. The molecule has 0 saturated carbocycles. The molecule has 0 amide bonds. The summed E-state index contributed by atoms with van der Waals surface area (Å²) >= 11 is 7.44. The highest BCUT2D eigenvalue weighted by Crippen LogP contribution is 2.39. The molecule has 2 nitrogen and oxygen atoms in total. The number of aliphatic hydroxyl groups excluding tert-OH is 1. The van der Waals surface area contributed by atoms with Gasteiger partial charge in [-0.05, 0) is 51.4 Å². The maximum absolute atomic E-state index is 10.6. The molecule has 96 valence electrons. The van der Waals surface area contributed by atoms with Gasteiger partial charge in [-0.15, -0.1) is 11.3 Å². The van der Waals surface area contributed by atoms with Crippen molar-refractivity contribution in [2.45, 2.75) is 44.8 Å². The second kappa shape index (κ2) is 5.27. The molecule has 1 aliphatic rings. The van der Waals surface area contributed by atoms with Crippen LogP contribution in [0.15, 0.2) is 12.1 Å². The molecule has 2 heterocycles. The Morgan fingerprint density at radius 2 is 2.12 bits per heavy atom. The van der Waals surface area contributed by atoms with Crippen molar-refractivity contribution in [3.05, 3.63) is 21.3 Å². The van der Waals surface area contributed by atoms with Gasteiger partial charge in [0.25, 0.3) is 0 Å². The van der Waals surface area contributed by atoms with Gasteiger partial charge in [-0.1, -0.05) is 18.5 Å². The molecule has 2 atom stereocenters. The minimum absolute atomic E-state index is 0.162. The second-order valence-corrected chi connectivity index (χ2v) is 6.70. The van der Waals surface area contributed by atoms with E-state index in [9.17, 15) is 5.11 Å². The van der Waals surface area contributed by atoms with Crippen molar-refractivity contribution < 1.29 is 5.11 Å². The van der Waals surface area contributed by atoms with E-state index < -0.39 is 6.10 Å². The molecule has 1 aliphatic heterocycles. The number of thiophene rings is 1. The van der Waals surface area contributed by atoms with E-state index in [0.717, 1.165) is 28.7 Å². The van der Waals surface area contributed by atoms with Gasteiger partial charge in [-0.2, -0.15) is 0 Å². The summed E-state index contributed by atoms with van der Waals surface area (Å²) in [7, 11) is 0. The Kier molecular flexibility index (Phi) is 4.14. The first kappa shape index (κ1) is 13.3. The van der Waals surface area contributed by atoms with Gasteiger partial charge in [0.15, 0.2) is 0 Å². The quantitative estimate of drug-likeness (QED) is 0.904. The van der Waals surface area contributed by atoms with Crippen molar-refractivity contribution in [1.82, 2.24) is 4.90 Å². The van der Waals surface area contributed by atoms with Gasteiger partial charge in [0.2, 0.25) is 0 Å². The molecule has 0 bridgehead atoms. The van der Waals surface area contributed by atoms with Crippen LogP contribution < -0.4 is 0 Å². The molecule has 2 unspecified atom stereocenters. The molecule has 1 aromatic heterocycles. The number of rotatable bonds is 4. The van der Waals surface area contributed by atoms with Crippen molar-refractivity contribution in [3.63, 3.8) is 0 Å². The van der Waals surface area contributed by atoms with Gasteiger partial charge in [-0.3, -0.25) is 4.90 Å². The van der Waals surface area contributed by atoms with E-state index in [2.05, 4.69) is 18.7 Å². The Hall–Kier alpha value is -0.0900. The van der Waals surface area contributed by atoms with Gasteiger partial charge in [0.05, 0.1) is 4.34 Å². The maximum atomic E-state index is 10.6. The highest BCUT2D eigenvalue weighted by Gasteiger charge is 2.39. The number of likely N-dealkylation sites (tertiary alicyclic amines) is 1. The van der Waals surface area contributed by atoms with Crippen LogP contribution in [0, 0.1) is 0 Å². The van der Waals surface area contributed by atoms with Crippen LogP contribution in [0.3, 0.4) is 0 Å². The lowest BCUT2D eigenvalue weighted by atomic mass is 9.88. The topological polar surface area (TPSA) is 23.5 Å². The van der Waals surface area contributed by atoms with E-state index in [1.165, 1.54) is 24.2 Å². The van der Waals surface area contributed by atoms with Crippen LogP contribution in [-0.2, 0) is 0 Å². The van der Waals surface area contributed by atoms with Crippen molar-refractivity contribution in [1.29, 1.82) is 0 Å². The molecule has 17 heavy (non-hydrogen) atoms. The number of nitrogens with zero attached hydrogens (tertiary/aromatic N) is 1. The van der Waals surface area contributed by atoms with Crippen LogP contribution in [0.4, 0.5) is 0 Å². The largest absolute Gasteiger partial charge is 0.386 e. The van der Waals surface area contributed by atoms with Crippen LogP contribution in [0.1, 0.15) is 44.1 Å². The van der Waals surface area contributed by atoms with Gasteiger partial charge < -0.3 is 5.11 Å². The Balaban J connectivity index is 2.21. The Morgan fingerprint density at radius 1 is 1.47 bits per heavy atom. The standard InChI is InChI=1S/C13H20ClNOS/c1-3-13(2,15-8-4-5-9-15)12(16)10-6-7-11(14)17-10/h6-7,12,16H,3-5,8-9H2,1-2H3. The summed E-state index contributed by atoms with van der Waals surface area (Å²) < 4.78 is 0.749. The molecule has 1 fully saturated rings. The first-order chi connectivity index (χ1) is 8.08. The Bertz CT molecular complexity index is 375. The molecule has 1 aromatic rings. The fourth-order valence-corrected chi connectivity index (χ4v) is 3.79. The normalized spacial score (nSPS) is 22.6. The lowest BCUT2D eigenvalue weighted by Crippen LogP contribution is -2.48. The zero-order valence-corrected chi connectivity index (χ0v) is 12.0. The van der Waals surface area contributed by atoms with E-state index in [1.807, 2.05) is 12.1 Å². The molecule has 1 N–H and O–H groups in total. The van der Waals surface area contributed by atoms with E-state index in [0.29, 0.717) is 0 Å². The molecule has 2 rings (SSSR count). The Morgan fingerprint density at radius 3 is 2.59 bits per heavy atom. The van der Waals surface area contributed by atoms with Gasteiger partial charge in [-0.25, -0.2) is 0 Å². The van der Waals surface area contributed by atoms with Gasteiger partial charge >= 0.3 is 0 Å². The SMILES string of the molecule is CCC(C)(C(O)c1ccc(Cl)s1)N1CCCC1. The van der Waals surface area contributed by atoms with E-state index in [-0.39, 0.29) is 5.54 Å². The molecule has 0 spiro atoms. The zero-order chi connectivity index (χ0) is 12.5. The fourth-order valence-electron chi connectivity index (χ4n) is 2.60. The van der Waals surface area contributed by atoms with Crippen molar-refractivity contribution in [2.24, 2.45) is 0 Å². The summed E-state index contributed by atoms with van der Waals surface area (Å²) in [4.78, 5) is 3.40. The number of aliphatic hydroxyl groups is 1. The second-order valence-electron chi connectivity index (χ2n) is 4.95. The lowest BCUT2D eigenvalue weighted by molar-refractivity contribution is -0.0119. The van der Waals surface area contributed by atoms with Crippen LogP contribution >= 0.6 is 22.9 Å². The first-order valence-electron chi connectivity index (χ1n) is 6.26. The first-order valence-corrected chi connectivity index (χ1v) is 7.45. The predicted molar refractivity (Wildman–Crippen MR) is 73.8 cm³/mol. The monoisotopic (exact) mass is 273 g/mol. The molecule has 1 saturated heterocycles. The van der Waals surface area contributed by atoms with E-state index in [4.69, 9.17) is 11.6 Å². The van der Waals surface area contributed by atoms with Crippen LogP contribution in [-0.4, -0.2) is 28.6 Å². The Labute approximate surface area is 112 Å². The summed E-state index contributed by atoms with van der Waals surface area (Å²) in [5, 5.41) is 10.6. The average molecular weight is 274 g/mol. The van der Waals surface area contributed by atoms with Gasteiger partial charge in [0.1, 0.15) is 6.10 Å². The lowest BCUT2D eigenvalue weighted by Gasteiger charge is -2.41. The van der Waals surface area contributed by atoms with E-state index in [1.54, 1.807) is 0 Å². The molecular weight excluding hydrogens is 254 g/mol. The maximum Gasteiger partial charge on any atom is 0.106 e. The number of hydrogen-bond donors (Lipinski definition) is 1. The van der Waals surface area contributed by atoms with E-state index >= 15 is 0 Å². The van der Waals surface area contributed by atoms with Crippen LogP contribution in [0.2, 0.25) is 4.34 Å². The molecule has 0 aliphatic carbocycles. The van der Waals surface area contributed by atoms with Gasteiger partial charge in [0, 0.05) is 10.4 Å². The minimum atomic E-state index is -0.442. The smallest absolute Gasteiger partial charge is 0.106 e. The molecular formula is C13H20ClNOS. The third-order valence-electron chi connectivity index (χ3n) is 4.00. The summed E-state index contributed by atoms with van der Waals surface area (Å²) in [5.74, 6) is 0. The highest BCUT2D eigenvalue weighted by molar-refractivity contribution is 7.16. The fraction of sp³-hybridized carbons (Fsp3) is 0.692. The van der Waals surface area contributed by atoms with Crippen molar-refractivity contribution in [2.75, 3.05) is 13.1 Å². The van der Waals surface area contributed by atoms with Crippen LogP contribution in [0.5, 0.6) is 0 Å². The summed E-state index contributed by atoms with van der Waals surface area (Å²) in [6.45, 7) is 6.51. The molecule has 4 heteroatoms. The average Bonchev–Trinajstić information content (AvgIpc) is 2.97. The van der Waals surface area contributed by atoms with Crippen LogP contribution in [0.25, 0.3) is 0 Å². The molecule has 0 radical (unpaired) electrons. The minimum Gasteiger partial charge on any atom is -0.386 e. The zero-order valence-electron chi connectivity index (χ0n) is 10.4. The summed E-state index contributed by atoms with van der Waals surface area (Å²) in [6.07, 6.45) is 2.99. The predicted octanol–water partition coefficient (Wildman–Crippen LogP) is 3.70. The third kappa shape index (κ3) is 2.53. The summed E-state index contributed by atoms with van der Waals surface area (Å²) in [6, 6.07) is 3.81.